The summed E-state index contributed by atoms with van der Waals surface area (Å²) in [5.74, 6) is 1.14. The molecule has 1 amide bonds. The molecular formula is C17H31N3O4S. The van der Waals surface area contributed by atoms with Gasteiger partial charge in [-0.2, -0.15) is 22.7 Å². The van der Waals surface area contributed by atoms with Crippen molar-refractivity contribution < 1.29 is 19.3 Å². The van der Waals surface area contributed by atoms with Gasteiger partial charge in [0.25, 0.3) is 0 Å². The molecule has 144 valence electrons. The Morgan fingerprint density at radius 2 is 1.96 bits per heavy atom. The van der Waals surface area contributed by atoms with E-state index in [0.717, 1.165) is 50.8 Å². The normalized spacial score (nSPS) is 25.0. The fraction of sp³-hybridized carbons (Fsp3) is 0.882. The molecule has 3 atom stereocenters. The van der Waals surface area contributed by atoms with Crippen molar-refractivity contribution in [1.29, 1.82) is 0 Å². The number of nitrogens with one attached hydrogen (secondary N) is 2. The molecule has 25 heavy (non-hydrogen) atoms. The van der Waals surface area contributed by atoms with Gasteiger partial charge in [-0.15, -0.1) is 0 Å². The van der Waals surface area contributed by atoms with Crippen LogP contribution in [0.15, 0.2) is 0 Å². The summed E-state index contributed by atoms with van der Waals surface area (Å²) in [4.78, 5) is 30.1. The lowest BCUT2D eigenvalue weighted by atomic mass is 10.0. The number of hydrogen-bond acceptors (Lipinski definition) is 7. The van der Waals surface area contributed by atoms with Crippen LogP contribution in [0.4, 0.5) is 0 Å². The minimum Gasteiger partial charge on any atom is -0.469 e. The number of methoxy groups -OCH3 is 1. The van der Waals surface area contributed by atoms with Crippen LogP contribution in [0, 0.1) is 0 Å². The van der Waals surface area contributed by atoms with E-state index in [9.17, 15) is 9.59 Å². The SMILES string of the molecule is COC(=O)CCCCCN(C)C(=O)CCCCC1SCC2NONC21. The number of unbranched alkanes of at least 4 members (excludes halogenated alkanes) is 3. The topological polar surface area (TPSA) is 79.9 Å². The van der Waals surface area contributed by atoms with Crippen molar-refractivity contribution in [3.05, 3.63) is 0 Å². The molecule has 2 heterocycles. The van der Waals surface area contributed by atoms with Gasteiger partial charge in [0.15, 0.2) is 0 Å². The number of fused-ring (bicyclic) bond motifs is 1. The molecule has 0 saturated carbocycles. The third-order valence-corrected chi connectivity index (χ3v) is 6.39. The smallest absolute Gasteiger partial charge is 0.305 e. The first-order chi connectivity index (χ1) is 12.1. The van der Waals surface area contributed by atoms with Crippen LogP contribution < -0.4 is 11.0 Å². The highest BCUT2D eigenvalue weighted by Crippen LogP contribution is 2.33. The van der Waals surface area contributed by atoms with E-state index in [2.05, 4.69) is 15.7 Å². The van der Waals surface area contributed by atoms with E-state index >= 15 is 0 Å². The highest BCUT2D eigenvalue weighted by molar-refractivity contribution is 8.00. The highest BCUT2D eigenvalue weighted by atomic mass is 32.2. The van der Waals surface area contributed by atoms with Crippen molar-refractivity contribution in [1.82, 2.24) is 15.9 Å². The van der Waals surface area contributed by atoms with Crippen LogP contribution in [0.3, 0.4) is 0 Å². The standard InChI is InChI=1S/C17H31N3O4S/c1-20(11-7-3-4-10-16(22)23-2)15(21)9-6-5-8-14-17-13(12-25-14)18-24-19-17/h13-14,17-19H,3-12H2,1-2H3. The zero-order valence-electron chi connectivity index (χ0n) is 15.3. The maximum Gasteiger partial charge on any atom is 0.305 e. The van der Waals surface area contributed by atoms with Gasteiger partial charge >= 0.3 is 5.97 Å². The summed E-state index contributed by atoms with van der Waals surface area (Å²) in [6, 6.07) is 0.815. The van der Waals surface area contributed by atoms with Crippen LogP contribution in [0.2, 0.25) is 0 Å². The Morgan fingerprint density at radius 1 is 1.16 bits per heavy atom. The van der Waals surface area contributed by atoms with Crippen molar-refractivity contribution in [2.75, 3.05) is 26.5 Å². The fourth-order valence-corrected chi connectivity index (χ4v) is 4.75. The van der Waals surface area contributed by atoms with E-state index in [1.807, 2.05) is 23.7 Å². The maximum atomic E-state index is 12.1. The van der Waals surface area contributed by atoms with Gasteiger partial charge in [0.2, 0.25) is 5.91 Å². The van der Waals surface area contributed by atoms with Gasteiger partial charge < -0.3 is 9.64 Å². The van der Waals surface area contributed by atoms with Crippen molar-refractivity contribution in [2.24, 2.45) is 0 Å². The average Bonchev–Trinajstić information content (AvgIpc) is 3.22. The van der Waals surface area contributed by atoms with Crippen LogP contribution in [-0.4, -0.2) is 60.6 Å². The molecule has 8 heteroatoms. The molecule has 0 aromatic rings. The molecule has 2 saturated heterocycles. The van der Waals surface area contributed by atoms with E-state index in [1.54, 1.807) is 0 Å². The Bertz CT molecular complexity index is 438. The van der Waals surface area contributed by atoms with Gasteiger partial charge in [-0.1, -0.05) is 12.8 Å². The number of hydrogen-bond donors (Lipinski definition) is 2. The second kappa shape index (κ2) is 11.0. The average molecular weight is 374 g/mol. The molecule has 0 bridgehead atoms. The van der Waals surface area contributed by atoms with Crippen molar-refractivity contribution in [3.63, 3.8) is 0 Å². The van der Waals surface area contributed by atoms with Crippen LogP contribution in [-0.2, 0) is 19.3 Å². The second-order valence-electron chi connectivity index (χ2n) is 6.79. The fourth-order valence-electron chi connectivity index (χ4n) is 3.23. The van der Waals surface area contributed by atoms with E-state index in [4.69, 9.17) is 4.94 Å². The minimum absolute atomic E-state index is 0.161. The number of carbonyl (C=O) groups is 2. The summed E-state index contributed by atoms with van der Waals surface area (Å²) in [5, 5.41) is 0.572. The predicted molar refractivity (Wildman–Crippen MR) is 97.8 cm³/mol. The van der Waals surface area contributed by atoms with Crippen molar-refractivity contribution >= 4 is 23.6 Å². The summed E-state index contributed by atoms with van der Waals surface area (Å²) >= 11 is 1.99. The van der Waals surface area contributed by atoms with Crippen LogP contribution in [0.25, 0.3) is 0 Å². The number of esters is 1. The Balaban J connectivity index is 1.48. The molecule has 2 N–H and O–H groups in total. The first-order valence-corrected chi connectivity index (χ1v) is 10.3. The molecule has 3 unspecified atom stereocenters. The van der Waals surface area contributed by atoms with E-state index in [-0.39, 0.29) is 11.9 Å². The highest BCUT2D eigenvalue weighted by Gasteiger charge is 2.40. The zero-order chi connectivity index (χ0) is 18.1. The predicted octanol–water partition coefficient (Wildman–Crippen LogP) is 1.63. The molecule has 0 aliphatic carbocycles. The molecule has 2 rings (SSSR count). The lowest BCUT2D eigenvalue weighted by molar-refractivity contribution is -0.140. The largest absolute Gasteiger partial charge is 0.469 e. The first kappa shape index (κ1) is 20.5. The van der Waals surface area contributed by atoms with E-state index < -0.39 is 0 Å². The summed E-state index contributed by atoms with van der Waals surface area (Å²) < 4.78 is 4.61. The molecule has 2 aliphatic heterocycles. The summed E-state index contributed by atoms with van der Waals surface area (Å²) in [5.41, 5.74) is 6.04. The Labute approximate surface area is 154 Å². The number of hydroxylamine groups is 2. The number of nitrogens with zero attached hydrogens (tertiary/aromatic N) is 1. The molecule has 2 aliphatic rings. The summed E-state index contributed by atoms with van der Waals surface area (Å²) in [7, 11) is 3.28. The second-order valence-corrected chi connectivity index (χ2v) is 8.06. The quantitative estimate of drug-likeness (QED) is 0.421. The van der Waals surface area contributed by atoms with Crippen LogP contribution >= 0.6 is 11.8 Å². The lowest BCUT2D eigenvalue weighted by Gasteiger charge is -2.18. The number of rotatable bonds is 11. The van der Waals surface area contributed by atoms with Gasteiger partial charge in [-0.05, 0) is 25.7 Å². The molecule has 0 aromatic heterocycles. The first-order valence-electron chi connectivity index (χ1n) is 9.21. The number of carbonyl (C=O) groups excluding carboxylic acids is 2. The molecule has 7 nitrogen and oxygen atoms in total. The van der Waals surface area contributed by atoms with Gasteiger partial charge in [0, 0.05) is 37.4 Å². The minimum atomic E-state index is -0.161. The maximum absolute atomic E-state index is 12.1. The number of amides is 1. The Kier molecular flexibility index (Phi) is 9.02. The summed E-state index contributed by atoms with van der Waals surface area (Å²) in [6.07, 6.45) is 6.90. The molecule has 0 aromatic carbocycles. The van der Waals surface area contributed by atoms with Crippen LogP contribution in [0.5, 0.6) is 0 Å². The zero-order valence-corrected chi connectivity index (χ0v) is 16.1. The lowest BCUT2D eigenvalue weighted by Crippen LogP contribution is -2.36. The molecule has 0 radical (unpaired) electrons. The van der Waals surface area contributed by atoms with Crippen molar-refractivity contribution in [3.8, 4) is 0 Å². The molecular weight excluding hydrogens is 342 g/mol. The van der Waals surface area contributed by atoms with E-state index in [1.165, 1.54) is 7.11 Å². The Morgan fingerprint density at radius 3 is 2.76 bits per heavy atom. The third-order valence-electron chi connectivity index (χ3n) is 4.89. The van der Waals surface area contributed by atoms with Gasteiger partial charge in [-0.25, -0.2) is 4.94 Å². The third kappa shape index (κ3) is 6.77. The summed E-state index contributed by atoms with van der Waals surface area (Å²) in [6.45, 7) is 0.759. The van der Waals surface area contributed by atoms with E-state index in [0.29, 0.717) is 30.2 Å². The number of ether oxygens (including phenoxy) is 1. The van der Waals surface area contributed by atoms with Gasteiger partial charge in [0.05, 0.1) is 19.2 Å². The van der Waals surface area contributed by atoms with Crippen LogP contribution in [0.1, 0.15) is 51.4 Å². The molecule has 2 fully saturated rings. The molecule has 0 spiro atoms. The van der Waals surface area contributed by atoms with Gasteiger partial charge in [0.1, 0.15) is 0 Å². The Hall–Kier alpha value is -0.830. The monoisotopic (exact) mass is 373 g/mol. The van der Waals surface area contributed by atoms with Gasteiger partial charge in [-0.3, -0.25) is 9.59 Å². The van der Waals surface area contributed by atoms with Crippen molar-refractivity contribution in [2.45, 2.75) is 68.7 Å². The number of thioether (sulfide) groups is 1.